The Bertz CT molecular complexity index is 437. The summed E-state index contributed by atoms with van der Waals surface area (Å²) in [6.45, 7) is 0. The summed E-state index contributed by atoms with van der Waals surface area (Å²) in [6.07, 6.45) is 1.12. The monoisotopic (exact) mass is 241 g/mol. The predicted octanol–water partition coefficient (Wildman–Crippen LogP) is 2.03. The molecule has 6 heteroatoms. The van der Waals surface area contributed by atoms with Crippen LogP contribution in [0.1, 0.15) is 19.3 Å². The minimum Gasteiger partial charge on any atom is -0.485 e. The smallest absolute Gasteiger partial charge is 0.272 e. The molecule has 1 aromatic rings. The van der Waals surface area contributed by atoms with Gasteiger partial charge in [0, 0.05) is 6.07 Å². The fourth-order valence-corrected chi connectivity index (χ4v) is 1.91. The van der Waals surface area contributed by atoms with Gasteiger partial charge in [-0.15, -0.1) is 0 Å². The highest BCUT2D eigenvalue weighted by Gasteiger charge is 2.28. The van der Waals surface area contributed by atoms with E-state index in [4.69, 9.17) is 4.74 Å². The van der Waals surface area contributed by atoms with Gasteiger partial charge in [-0.2, -0.15) is 0 Å². The number of nitro groups is 1. The van der Waals surface area contributed by atoms with Crippen LogP contribution < -0.4 is 4.74 Å². The predicted molar refractivity (Wildman–Crippen MR) is 57.3 cm³/mol. The number of ether oxygens (including phenoxy) is 1. The van der Waals surface area contributed by atoms with E-state index in [1.807, 2.05) is 0 Å². The molecule has 0 amide bonds. The average Bonchev–Trinajstić information content (AvgIpc) is 2.67. The first kappa shape index (κ1) is 11.8. The van der Waals surface area contributed by atoms with Crippen LogP contribution in [0.25, 0.3) is 0 Å². The number of hydrogen-bond donors (Lipinski definition) is 1. The number of benzene rings is 1. The second-order valence-corrected chi connectivity index (χ2v) is 4.03. The third-order valence-corrected chi connectivity index (χ3v) is 2.82. The van der Waals surface area contributed by atoms with Crippen LogP contribution in [0.2, 0.25) is 0 Å². The Morgan fingerprint density at radius 3 is 2.76 bits per heavy atom. The number of nitro benzene ring substituents is 1. The summed E-state index contributed by atoms with van der Waals surface area (Å²) in [7, 11) is 0. The maximum atomic E-state index is 13.5. The molecular weight excluding hydrogens is 229 g/mol. The largest absolute Gasteiger partial charge is 0.485 e. The molecule has 5 nitrogen and oxygen atoms in total. The maximum Gasteiger partial charge on any atom is 0.272 e. The lowest BCUT2D eigenvalue weighted by Gasteiger charge is -2.17. The topological polar surface area (TPSA) is 72.6 Å². The first-order valence-electron chi connectivity index (χ1n) is 5.36. The summed E-state index contributed by atoms with van der Waals surface area (Å²) in [4.78, 5) is 9.75. The first-order valence-corrected chi connectivity index (χ1v) is 5.36. The van der Waals surface area contributed by atoms with E-state index in [0.717, 1.165) is 12.5 Å². The van der Waals surface area contributed by atoms with Crippen LogP contribution in [0, 0.1) is 15.9 Å². The van der Waals surface area contributed by atoms with E-state index >= 15 is 0 Å². The molecule has 1 aliphatic rings. The van der Waals surface area contributed by atoms with E-state index in [1.165, 1.54) is 12.1 Å². The van der Waals surface area contributed by atoms with Crippen molar-refractivity contribution in [2.45, 2.75) is 31.5 Å². The average molecular weight is 241 g/mol. The molecule has 0 heterocycles. The van der Waals surface area contributed by atoms with Gasteiger partial charge in [-0.05, 0) is 25.3 Å². The second-order valence-electron chi connectivity index (χ2n) is 4.03. The number of hydrogen-bond acceptors (Lipinski definition) is 4. The van der Waals surface area contributed by atoms with Crippen molar-refractivity contribution in [1.29, 1.82) is 0 Å². The van der Waals surface area contributed by atoms with Gasteiger partial charge in [0.25, 0.3) is 5.69 Å². The number of aliphatic hydroxyl groups excluding tert-OH is 1. The number of aliphatic hydroxyl groups is 1. The molecule has 0 aliphatic heterocycles. The molecule has 1 saturated carbocycles. The highest BCUT2D eigenvalue weighted by molar-refractivity contribution is 5.37. The zero-order valence-electron chi connectivity index (χ0n) is 9.01. The van der Waals surface area contributed by atoms with Gasteiger partial charge in [-0.3, -0.25) is 10.1 Å². The van der Waals surface area contributed by atoms with E-state index < -0.39 is 22.9 Å². The molecule has 0 spiro atoms. The van der Waals surface area contributed by atoms with Crippen molar-refractivity contribution in [3.63, 3.8) is 0 Å². The van der Waals surface area contributed by atoms with E-state index in [9.17, 15) is 19.6 Å². The number of nitrogens with zero attached hydrogens (tertiary/aromatic N) is 1. The van der Waals surface area contributed by atoms with Crippen LogP contribution in [0.5, 0.6) is 5.75 Å². The fraction of sp³-hybridized carbons (Fsp3) is 0.455. The Hall–Kier alpha value is -1.69. The SMILES string of the molecule is O=[N+]([O-])c1ccc(OC2CCCC2O)c(F)c1. The maximum absolute atomic E-state index is 13.5. The van der Waals surface area contributed by atoms with Crippen LogP contribution in [0.4, 0.5) is 10.1 Å². The second kappa shape index (κ2) is 4.67. The number of halogens is 1. The molecule has 1 aliphatic carbocycles. The third kappa shape index (κ3) is 2.52. The number of non-ortho nitro benzene ring substituents is 1. The lowest BCUT2D eigenvalue weighted by atomic mass is 10.2. The van der Waals surface area contributed by atoms with Crippen LogP contribution in [-0.2, 0) is 0 Å². The Kier molecular flexibility index (Phi) is 3.23. The van der Waals surface area contributed by atoms with Crippen molar-refractivity contribution in [3.8, 4) is 5.75 Å². The lowest BCUT2D eigenvalue weighted by molar-refractivity contribution is -0.385. The summed E-state index contributed by atoms with van der Waals surface area (Å²) in [6, 6.07) is 3.22. The van der Waals surface area contributed by atoms with Crippen molar-refractivity contribution in [1.82, 2.24) is 0 Å². The standard InChI is InChI=1S/C11H12FNO4/c12-8-6-7(13(15)16)4-5-10(8)17-11-3-1-2-9(11)14/h4-6,9,11,14H,1-3H2. The van der Waals surface area contributed by atoms with Crippen LogP contribution in [0.15, 0.2) is 18.2 Å². The molecule has 1 N–H and O–H groups in total. The lowest BCUT2D eigenvalue weighted by Crippen LogP contribution is -2.25. The number of rotatable bonds is 3. The molecule has 0 saturated heterocycles. The van der Waals surface area contributed by atoms with Crippen LogP contribution in [0.3, 0.4) is 0 Å². The zero-order chi connectivity index (χ0) is 12.4. The highest BCUT2D eigenvalue weighted by atomic mass is 19.1. The molecule has 0 radical (unpaired) electrons. The van der Waals surface area contributed by atoms with Crippen molar-refractivity contribution in [2.75, 3.05) is 0 Å². The molecule has 2 rings (SSSR count). The van der Waals surface area contributed by atoms with Gasteiger partial charge in [0.15, 0.2) is 11.6 Å². The minimum absolute atomic E-state index is 0.0541. The van der Waals surface area contributed by atoms with Crippen molar-refractivity contribution < 1.29 is 19.2 Å². The van der Waals surface area contributed by atoms with Gasteiger partial charge >= 0.3 is 0 Å². The molecular formula is C11H12FNO4. The summed E-state index contributed by atoms with van der Waals surface area (Å²) in [5, 5.41) is 19.9. The third-order valence-electron chi connectivity index (χ3n) is 2.82. The minimum atomic E-state index is -0.779. The summed E-state index contributed by atoms with van der Waals surface area (Å²) >= 11 is 0. The van der Waals surface area contributed by atoms with Gasteiger partial charge in [0.05, 0.1) is 17.1 Å². The van der Waals surface area contributed by atoms with Gasteiger partial charge < -0.3 is 9.84 Å². The molecule has 17 heavy (non-hydrogen) atoms. The van der Waals surface area contributed by atoms with Crippen molar-refractivity contribution in [2.24, 2.45) is 0 Å². The summed E-state index contributed by atoms with van der Waals surface area (Å²) < 4.78 is 18.8. The van der Waals surface area contributed by atoms with E-state index in [2.05, 4.69) is 0 Å². The molecule has 1 fully saturated rings. The van der Waals surface area contributed by atoms with Gasteiger partial charge in [0.2, 0.25) is 0 Å². The Morgan fingerprint density at radius 1 is 1.47 bits per heavy atom. The van der Waals surface area contributed by atoms with Crippen LogP contribution >= 0.6 is 0 Å². The Labute approximate surface area is 97.0 Å². The molecule has 0 bridgehead atoms. The Morgan fingerprint density at radius 2 is 2.24 bits per heavy atom. The normalized spacial score (nSPS) is 23.6. The van der Waals surface area contributed by atoms with E-state index in [-0.39, 0.29) is 11.4 Å². The van der Waals surface area contributed by atoms with E-state index in [0.29, 0.717) is 12.8 Å². The van der Waals surface area contributed by atoms with Crippen molar-refractivity contribution >= 4 is 5.69 Å². The Balaban J connectivity index is 2.14. The summed E-state index contributed by atoms with van der Waals surface area (Å²) in [5.41, 5.74) is -0.318. The van der Waals surface area contributed by atoms with E-state index in [1.54, 1.807) is 0 Å². The van der Waals surface area contributed by atoms with Gasteiger partial charge in [-0.25, -0.2) is 4.39 Å². The van der Waals surface area contributed by atoms with Crippen molar-refractivity contribution in [3.05, 3.63) is 34.1 Å². The molecule has 0 aromatic heterocycles. The summed E-state index contributed by atoms with van der Waals surface area (Å²) in [5.74, 6) is -0.833. The van der Waals surface area contributed by atoms with Gasteiger partial charge in [0.1, 0.15) is 6.10 Å². The first-order chi connectivity index (χ1) is 8.08. The highest BCUT2D eigenvalue weighted by Crippen LogP contribution is 2.28. The quantitative estimate of drug-likeness (QED) is 0.649. The fourth-order valence-electron chi connectivity index (χ4n) is 1.91. The molecule has 92 valence electrons. The molecule has 2 atom stereocenters. The van der Waals surface area contributed by atoms with Crippen LogP contribution in [-0.4, -0.2) is 22.2 Å². The zero-order valence-corrected chi connectivity index (χ0v) is 9.01. The molecule has 1 aromatic carbocycles. The molecule has 2 unspecified atom stereocenters. The van der Waals surface area contributed by atoms with Gasteiger partial charge in [-0.1, -0.05) is 0 Å².